The van der Waals surface area contributed by atoms with Crippen LogP contribution in [0.1, 0.15) is 26.2 Å². The smallest absolute Gasteiger partial charge is 0.0269 e. The van der Waals surface area contributed by atoms with E-state index in [-0.39, 0.29) is 6.04 Å². The molecule has 76 valence electrons. The molecule has 0 aromatic rings. The third-order valence-corrected chi connectivity index (χ3v) is 3.22. The molecule has 1 rings (SSSR count). The van der Waals surface area contributed by atoms with Crippen molar-refractivity contribution < 1.29 is 4.21 Å². The Morgan fingerprint density at radius 3 is 2.92 bits per heavy atom. The quantitative estimate of drug-likeness (QED) is 0.702. The number of rotatable bonds is 3. The number of hydrogen-bond acceptors (Lipinski definition) is 2. The van der Waals surface area contributed by atoms with Gasteiger partial charge in [-0.3, -0.25) is 4.21 Å². The third kappa shape index (κ3) is 4.05. The van der Waals surface area contributed by atoms with Gasteiger partial charge in [0.1, 0.15) is 0 Å². The molecule has 0 aliphatic heterocycles. The van der Waals surface area contributed by atoms with E-state index in [0.29, 0.717) is 5.92 Å². The standard InChI is InChI=1S/C10H19NOS/c1-8-5-9(3-4-13(2)12)7-10(11)6-8/h7-8,10H,3-6,11H2,1-2H3. The molecule has 0 amide bonds. The van der Waals surface area contributed by atoms with Crippen molar-refractivity contribution in [2.24, 2.45) is 11.7 Å². The molecule has 0 heterocycles. The highest BCUT2D eigenvalue weighted by molar-refractivity contribution is 7.84. The highest BCUT2D eigenvalue weighted by atomic mass is 32.2. The molecule has 3 heteroatoms. The normalized spacial score (nSPS) is 31.2. The van der Waals surface area contributed by atoms with Gasteiger partial charge in [0.2, 0.25) is 0 Å². The number of allylic oxidation sites excluding steroid dienone is 1. The summed E-state index contributed by atoms with van der Waals surface area (Å²) in [7, 11) is -0.671. The van der Waals surface area contributed by atoms with Gasteiger partial charge < -0.3 is 5.73 Å². The summed E-state index contributed by atoms with van der Waals surface area (Å²) in [5, 5.41) is 0. The van der Waals surface area contributed by atoms with Gasteiger partial charge >= 0.3 is 0 Å². The summed E-state index contributed by atoms with van der Waals surface area (Å²) in [6.45, 7) is 2.23. The monoisotopic (exact) mass is 201 g/mol. The van der Waals surface area contributed by atoms with Crippen LogP contribution >= 0.6 is 0 Å². The SMILES string of the molecule is CC1CC(CCS(C)=O)=CC(N)C1. The lowest BCUT2D eigenvalue weighted by atomic mass is 9.87. The van der Waals surface area contributed by atoms with Crippen molar-refractivity contribution in [3.8, 4) is 0 Å². The summed E-state index contributed by atoms with van der Waals surface area (Å²) in [6, 6.07) is 0.226. The van der Waals surface area contributed by atoms with Gasteiger partial charge in [0, 0.05) is 28.9 Å². The van der Waals surface area contributed by atoms with Crippen molar-refractivity contribution in [2.45, 2.75) is 32.2 Å². The van der Waals surface area contributed by atoms with E-state index in [1.165, 1.54) is 5.57 Å². The van der Waals surface area contributed by atoms with E-state index in [1.54, 1.807) is 6.26 Å². The predicted molar refractivity (Wildman–Crippen MR) is 58.0 cm³/mol. The third-order valence-electron chi connectivity index (χ3n) is 2.45. The Kier molecular flexibility index (Phi) is 4.13. The van der Waals surface area contributed by atoms with E-state index in [0.717, 1.165) is 25.0 Å². The van der Waals surface area contributed by atoms with Crippen molar-refractivity contribution in [1.82, 2.24) is 0 Å². The predicted octanol–water partition coefficient (Wildman–Crippen LogP) is 1.44. The van der Waals surface area contributed by atoms with Gasteiger partial charge in [-0.25, -0.2) is 0 Å². The van der Waals surface area contributed by atoms with E-state index in [9.17, 15) is 4.21 Å². The van der Waals surface area contributed by atoms with Gasteiger partial charge in [-0.1, -0.05) is 18.6 Å². The Labute approximate surface area is 83.0 Å². The van der Waals surface area contributed by atoms with Crippen LogP contribution in [-0.2, 0) is 10.8 Å². The Morgan fingerprint density at radius 1 is 1.69 bits per heavy atom. The first-order valence-corrected chi connectivity index (χ1v) is 6.56. The average molecular weight is 201 g/mol. The van der Waals surface area contributed by atoms with Crippen LogP contribution in [0, 0.1) is 5.92 Å². The van der Waals surface area contributed by atoms with Crippen LogP contribution < -0.4 is 5.73 Å². The van der Waals surface area contributed by atoms with E-state index in [4.69, 9.17) is 5.73 Å². The molecule has 0 saturated carbocycles. The molecule has 13 heavy (non-hydrogen) atoms. The second-order valence-corrected chi connectivity index (χ2v) is 5.62. The minimum atomic E-state index is -0.671. The van der Waals surface area contributed by atoms with Crippen LogP contribution in [-0.4, -0.2) is 22.3 Å². The number of hydrogen-bond donors (Lipinski definition) is 1. The molecule has 0 bridgehead atoms. The lowest BCUT2D eigenvalue weighted by Crippen LogP contribution is -2.25. The summed E-state index contributed by atoms with van der Waals surface area (Å²) in [4.78, 5) is 0. The average Bonchev–Trinajstić information content (AvgIpc) is 1.99. The summed E-state index contributed by atoms with van der Waals surface area (Å²) < 4.78 is 10.9. The Morgan fingerprint density at radius 2 is 2.38 bits per heavy atom. The molecule has 0 aromatic carbocycles. The van der Waals surface area contributed by atoms with Crippen molar-refractivity contribution in [3.05, 3.63) is 11.6 Å². The summed E-state index contributed by atoms with van der Waals surface area (Å²) in [5.41, 5.74) is 7.27. The fourth-order valence-electron chi connectivity index (χ4n) is 1.89. The molecule has 0 spiro atoms. The second kappa shape index (κ2) is 4.91. The Hall–Kier alpha value is -0.150. The fraction of sp³-hybridized carbons (Fsp3) is 0.800. The van der Waals surface area contributed by atoms with E-state index >= 15 is 0 Å². The molecule has 3 unspecified atom stereocenters. The van der Waals surface area contributed by atoms with Crippen LogP contribution in [0.25, 0.3) is 0 Å². The first kappa shape index (κ1) is 10.9. The van der Waals surface area contributed by atoms with Crippen LogP contribution in [0.5, 0.6) is 0 Å². The lowest BCUT2D eigenvalue weighted by Gasteiger charge is -2.23. The van der Waals surface area contributed by atoms with Gasteiger partial charge in [-0.2, -0.15) is 0 Å². The van der Waals surface area contributed by atoms with Crippen molar-refractivity contribution in [1.29, 1.82) is 0 Å². The molecular formula is C10H19NOS. The molecule has 1 aliphatic carbocycles. The molecule has 1 aliphatic rings. The first-order chi connectivity index (χ1) is 6.08. The summed E-state index contributed by atoms with van der Waals surface area (Å²) >= 11 is 0. The Bertz CT molecular complexity index is 225. The van der Waals surface area contributed by atoms with Gasteiger partial charge in [0.05, 0.1) is 0 Å². The van der Waals surface area contributed by atoms with Crippen LogP contribution in [0.2, 0.25) is 0 Å². The van der Waals surface area contributed by atoms with Crippen molar-refractivity contribution in [3.63, 3.8) is 0 Å². The summed E-state index contributed by atoms with van der Waals surface area (Å²) in [6.07, 6.45) is 7.12. The molecule has 0 fully saturated rings. The second-order valence-electron chi connectivity index (χ2n) is 4.06. The van der Waals surface area contributed by atoms with Crippen LogP contribution in [0.3, 0.4) is 0 Å². The molecule has 0 aromatic heterocycles. The van der Waals surface area contributed by atoms with E-state index in [2.05, 4.69) is 13.0 Å². The van der Waals surface area contributed by atoms with Crippen LogP contribution in [0.4, 0.5) is 0 Å². The maximum atomic E-state index is 10.9. The molecule has 0 saturated heterocycles. The van der Waals surface area contributed by atoms with Gasteiger partial charge in [0.15, 0.2) is 0 Å². The van der Waals surface area contributed by atoms with Gasteiger partial charge in [-0.15, -0.1) is 0 Å². The highest BCUT2D eigenvalue weighted by Crippen LogP contribution is 2.24. The molecule has 2 nitrogen and oxygen atoms in total. The largest absolute Gasteiger partial charge is 0.324 e. The van der Waals surface area contributed by atoms with Gasteiger partial charge in [0.25, 0.3) is 0 Å². The molecular weight excluding hydrogens is 182 g/mol. The number of nitrogens with two attached hydrogens (primary N) is 1. The van der Waals surface area contributed by atoms with Crippen molar-refractivity contribution >= 4 is 10.8 Å². The maximum absolute atomic E-state index is 10.9. The van der Waals surface area contributed by atoms with Gasteiger partial charge in [-0.05, 0) is 25.2 Å². The van der Waals surface area contributed by atoms with Crippen molar-refractivity contribution in [2.75, 3.05) is 12.0 Å². The minimum Gasteiger partial charge on any atom is -0.324 e. The zero-order valence-corrected chi connectivity index (χ0v) is 9.27. The topological polar surface area (TPSA) is 43.1 Å². The maximum Gasteiger partial charge on any atom is 0.0269 e. The highest BCUT2D eigenvalue weighted by Gasteiger charge is 2.16. The minimum absolute atomic E-state index is 0.226. The first-order valence-electron chi connectivity index (χ1n) is 4.83. The molecule has 2 N–H and O–H groups in total. The zero-order valence-electron chi connectivity index (χ0n) is 8.45. The zero-order chi connectivity index (χ0) is 9.84. The molecule has 3 atom stereocenters. The molecule has 0 radical (unpaired) electrons. The van der Waals surface area contributed by atoms with Crippen LogP contribution in [0.15, 0.2) is 11.6 Å². The van der Waals surface area contributed by atoms with E-state index in [1.807, 2.05) is 0 Å². The van der Waals surface area contributed by atoms with E-state index < -0.39 is 10.8 Å². The Balaban J connectivity index is 2.44. The lowest BCUT2D eigenvalue weighted by molar-refractivity contribution is 0.466. The fourth-order valence-corrected chi connectivity index (χ4v) is 2.44. The summed E-state index contributed by atoms with van der Waals surface area (Å²) in [5.74, 6) is 1.48.